The fourth-order valence-electron chi connectivity index (χ4n) is 2.82. The maximum Gasteiger partial charge on any atom is 0.230 e. The van der Waals surface area contributed by atoms with Gasteiger partial charge in [-0.05, 0) is 24.1 Å². The minimum Gasteiger partial charge on any atom is -0.495 e. The van der Waals surface area contributed by atoms with Gasteiger partial charge in [-0.25, -0.2) is 0 Å². The molecule has 0 radical (unpaired) electrons. The lowest BCUT2D eigenvalue weighted by Crippen LogP contribution is -2.29. The molecule has 6 nitrogen and oxygen atoms in total. The van der Waals surface area contributed by atoms with Gasteiger partial charge < -0.3 is 15.4 Å². The summed E-state index contributed by atoms with van der Waals surface area (Å²) in [5.41, 5.74) is 2.08. The van der Waals surface area contributed by atoms with Gasteiger partial charge in [-0.15, -0.1) is 10.2 Å². The van der Waals surface area contributed by atoms with Crippen LogP contribution in [0.2, 0.25) is 0 Å². The van der Waals surface area contributed by atoms with Crippen molar-refractivity contribution in [1.82, 2.24) is 15.5 Å². The zero-order valence-electron chi connectivity index (χ0n) is 16.4. The molecule has 0 saturated carbocycles. The second kappa shape index (κ2) is 10.8. The molecule has 152 valence electrons. The molecule has 3 aromatic rings. The summed E-state index contributed by atoms with van der Waals surface area (Å²) >= 11 is 2.80. The number of hydrogen-bond acceptors (Lipinski definition) is 7. The molecule has 1 amide bonds. The Hall–Kier alpha value is -2.58. The zero-order chi connectivity index (χ0) is 20.5. The minimum absolute atomic E-state index is 0.00109. The van der Waals surface area contributed by atoms with E-state index in [1.807, 2.05) is 42.5 Å². The molecule has 29 heavy (non-hydrogen) atoms. The van der Waals surface area contributed by atoms with E-state index in [2.05, 4.69) is 39.9 Å². The molecule has 0 bridgehead atoms. The summed E-state index contributed by atoms with van der Waals surface area (Å²) in [4.78, 5) is 12.2. The highest BCUT2D eigenvalue weighted by Gasteiger charge is 2.13. The summed E-state index contributed by atoms with van der Waals surface area (Å²) in [7, 11) is 1.63. The predicted molar refractivity (Wildman–Crippen MR) is 119 cm³/mol. The molecule has 0 aliphatic heterocycles. The van der Waals surface area contributed by atoms with Gasteiger partial charge in [0.05, 0.1) is 18.6 Å². The average Bonchev–Trinajstić information content (AvgIpc) is 3.21. The maximum atomic E-state index is 12.2. The minimum atomic E-state index is -0.00109. The average molecular weight is 429 g/mol. The van der Waals surface area contributed by atoms with Gasteiger partial charge in [0.1, 0.15) is 5.75 Å². The molecule has 1 aromatic heterocycles. The van der Waals surface area contributed by atoms with Crippen molar-refractivity contribution in [3.05, 3.63) is 60.2 Å². The van der Waals surface area contributed by atoms with Crippen molar-refractivity contribution < 1.29 is 9.53 Å². The van der Waals surface area contributed by atoms with Gasteiger partial charge in [-0.1, -0.05) is 72.5 Å². The Bertz CT molecular complexity index is 918. The molecular weight excluding hydrogens is 404 g/mol. The van der Waals surface area contributed by atoms with Crippen LogP contribution in [0.3, 0.4) is 0 Å². The summed E-state index contributed by atoms with van der Waals surface area (Å²) in [5.74, 6) is 1.37. The van der Waals surface area contributed by atoms with Crippen molar-refractivity contribution in [2.75, 3.05) is 24.7 Å². The Kier molecular flexibility index (Phi) is 7.89. The molecule has 2 N–H and O–H groups in total. The quantitative estimate of drug-likeness (QED) is 0.456. The van der Waals surface area contributed by atoms with E-state index < -0.39 is 0 Å². The molecule has 0 spiro atoms. The molecule has 3 rings (SSSR count). The van der Waals surface area contributed by atoms with Crippen molar-refractivity contribution >= 4 is 39.8 Å². The zero-order valence-corrected chi connectivity index (χ0v) is 18.1. The number of carbonyl (C=O) groups excluding carboxylic acids is 1. The molecule has 2 aromatic carbocycles. The van der Waals surface area contributed by atoms with E-state index in [0.717, 1.165) is 22.2 Å². The lowest BCUT2D eigenvalue weighted by Gasteiger charge is -2.16. The van der Waals surface area contributed by atoms with Crippen molar-refractivity contribution in [3.63, 3.8) is 0 Å². The number of carbonyl (C=O) groups is 1. The number of thioether (sulfide) groups is 1. The topological polar surface area (TPSA) is 76.1 Å². The molecule has 0 aliphatic rings. The normalized spacial score (nSPS) is 11.7. The van der Waals surface area contributed by atoms with Gasteiger partial charge in [-0.3, -0.25) is 4.79 Å². The van der Waals surface area contributed by atoms with Crippen LogP contribution in [0.25, 0.3) is 0 Å². The number of aromatic nitrogens is 2. The second-order valence-corrected chi connectivity index (χ2v) is 8.51. The number of para-hydroxylation sites is 2. The molecule has 0 aliphatic carbocycles. The van der Waals surface area contributed by atoms with E-state index in [1.54, 1.807) is 7.11 Å². The summed E-state index contributed by atoms with van der Waals surface area (Å²) in [6.07, 6.45) is 0.978. The summed E-state index contributed by atoms with van der Waals surface area (Å²) in [5, 5.41) is 15.2. The van der Waals surface area contributed by atoms with Crippen molar-refractivity contribution in [2.24, 2.45) is 0 Å². The van der Waals surface area contributed by atoms with E-state index in [4.69, 9.17) is 4.74 Å². The van der Waals surface area contributed by atoms with Crippen LogP contribution in [0.5, 0.6) is 5.75 Å². The number of nitrogens with one attached hydrogen (secondary N) is 2. The van der Waals surface area contributed by atoms with Crippen molar-refractivity contribution in [3.8, 4) is 5.75 Å². The number of ether oxygens (including phenoxy) is 1. The third kappa shape index (κ3) is 6.20. The third-order valence-corrected chi connectivity index (χ3v) is 6.36. The van der Waals surface area contributed by atoms with Crippen LogP contribution >= 0.6 is 23.1 Å². The van der Waals surface area contributed by atoms with Gasteiger partial charge in [-0.2, -0.15) is 0 Å². The van der Waals surface area contributed by atoms with E-state index in [9.17, 15) is 4.79 Å². The smallest absolute Gasteiger partial charge is 0.230 e. The van der Waals surface area contributed by atoms with Gasteiger partial charge >= 0.3 is 0 Å². The number of nitrogens with zero attached hydrogens (tertiary/aromatic N) is 2. The highest BCUT2D eigenvalue weighted by atomic mass is 32.2. The van der Waals surface area contributed by atoms with Crippen molar-refractivity contribution in [2.45, 2.75) is 23.6 Å². The van der Waals surface area contributed by atoms with Gasteiger partial charge in [0.25, 0.3) is 0 Å². The fourth-order valence-corrected chi connectivity index (χ4v) is 4.41. The second-order valence-electron chi connectivity index (χ2n) is 6.31. The highest BCUT2D eigenvalue weighted by Crippen LogP contribution is 2.31. The highest BCUT2D eigenvalue weighted by molar-refractivity contribution is 8.01. The molecule has 0 saturated heterocycles. The third-order valence-electron chi connectivity index (χ3n) is 4.39. The van der Waals surface area contributed by atoms with Crippen LogP contribution in [0.1, 0.15) is 24.8 Å². The largest absolute Gasteiger partial charge is 0.495 e. The Morgan fingerprint density at radius 3 is 2.66 bits per heavy atom. The lowest BCUT2D eigenvalue weighted by atomic mass is 9.96. The van der Waals surface area contributed by atoms with E-state index >= 15 is 0 Å². The van der Waals surface area contributed by atoms with Crippen LogP contribution < -0.4 is 15.4 Å². The molecule has 1 heterocycles. The van der Waals surface area contributed by atoms with Gasteiger partial charge in [0, 0.05) is 12.5 Å². The van der Waals surface area contributed by atoms with E-state index in [1.165, 1.54) is 28.7 Å². The summed E-state index contributed by atoms with van der Waals surface area (Å²) in [6.45, 7) is 2.77. The summed E-state index contributed by atoms with van der Waals surface area (Å²) in [6, 6.07) is 17.9. The molecule has 8 heteroatoms. The van der Waals surface area contributed by atoms with Gasteiger partial charge in [0.15, 0.2) is 4.34 Å². The van der Waals surface area contributed by atoms with Crippen molar-refractivity contribution in [1.29, 1.82) is 0 Å². The number of amides is 1. The monoisotopic (exact) mass is 428 g/mol. The first-order chi connectivity index (χ1) is 14.2. The van der Waals surface area contributed by atoms with Crippen LogP contribution in [0.15, 0.2) is 58.9 Å². The first kappa shape index (κ1) is 21.1. The summed E-state index contributed by atoms with van der Waals surface area (Å²) < 4.78 is 6.07. The predicted octanol–water partition coefficient (Wildman–Crippen LogP) is 4.69. The van der Waals surface area contributed by atoms with Crippen LogP contribution in [-0.4, -0.2) is 35.5 Å². The molecule has 1 atom stereocenters. The van der Waals surface area contributed by atoms with E-state index in [0.29, 0.717) is 23.3 Å². The number of methoxy groups -OCH3 is 1. The number of rotatable bonds is 10. The number of benzene rings is 2. The first-order valence-electron chi connectivity index (χ1n) is 9.37. The Labute approximate surface area is 179 Å². The Morgan fingerprint density at radius 1 is 1.14 bits per heavy atom. The fraction of sp³-hybridized carbons (Fsp3) is 0.286. The first-order valence-corrected chi connectivity index (χ1v) is 11.2. The number of anilines is 2. The standard InChI is InChI=1S/C21H24N4O2S2/c1-3-15(16-9-5-4-6-10-16)13-22-19(26)14-28-21-25-24-20(29-21)23-17-11-7-8-12-18(17)27-2/h4-12,15H,3,13-14H2,1-2H3,(H,22,26)(H,23,24). The lowest BCUT2D eigenvalue weighted by molar-refractivity contribution is -0.118. The van der Waals surface area contributed by atoms with E-state index in [-0.39, 0.29) is 5.91 Å². The van der Waals surface area contributed by atoms with Crippen LogP contribution in [0.4, 0.5) is 10.8 Å². The number of hydrogen-bond donors (Lipinski definition) is 2. The molecule has 0 fully saturated rings. The van der Waals surface area contributed by atoms with Gasteiger partial charge in [0.2, 0.25) is 11.0 Å². The van der Waals surface area contributed by atoms with Crippen LogP contribution in [-0.2, 0) is 4.79 Å². The maximum absolute atomic E-state index is 12.2. The molecular formula is C21H24N4O2S2. The SMILES string of the molecule is CCC(CNC(=O)CSc1nnc(Nc2ccccc2OC)s1)c1ccccc1. The Balaban J connectivity index is 1.47. The molecule has 1 unspecified atom stereocenters. The van der Waals surface area contributed by atoms with Crippen LogP contribution in [0, 0.1) is 0 Å². The Morgan fingerprint density at radius 2 is 1.90 bits per heavy atom.